The van der Waals surface area contributed by atoms with Gasteiger partial charge in [0.1, 0.15) is 0 Å². The first-order chi connectivity index (χ1) is 23.8. The second-order valence-electron chi connectivity index (χ2n) is 12.5. The van der Waals surface area contributed by atoms with Crippen LogP contribution in [0, 0.1) is 0 Å². The first kappa shape index (κ1) is 26.8. The van der Waals surface area contributed by atoms with E-state index in [4.69, 9.17) is 0 Å². The number of rotatable bonds is 4. The molecular formula is C43H30N4O. The molecule has 0 aliphatic heterocycles. The van der Waals surface area contributed by atoms with Gasteiger partial charge in [0.25, 0.3) is 0 Å². The third-order valence-electron chi connectivity index (χ3n) is 9.91. The van der Waals surface area contributed by atoms with Crippen LogP contribution in [0.2, 0.25) is 0 Å². The van der Waals surface area contributed by atoms with Crippen LogP contribution in [-0.2, 0) is 6.42 Å². The lowest BCUT2D eigenvalue weighted by Crippen LogP contribution is -2.22. The zero-order valence-corrected chi connectivity index (χ0v) is 26.1. The summed E-state index contributed by atoms with van der Waals surface area (Å²) in [7, 11) is 0. The van der Waals surface area contributed by atoms with Gasteiger partial charge in [0.05, 0.1) is 39.0 Å². The van der Waals surface area contributed by atoms with Crippen LogP contribution in [0.5, 0.6) is 0 Å². The molecule has 0 bridgehead atoms. The second kappa shape index (κ2) is 10.3. The van der Waals surface area contributed by atoms with E-state index in [1.807, 2.05) is 33.4 Å². The minimum atomic E-state index is -0.0949. The Morgan fingerprint density at radius 2 is 0.792 bits per heavy atom. The highest BCUT2D eigenvalue weighted by Crippen LogP contribution is 2.35. The molecule has 1 aliphatic carbocycles. The molecule has 9 aromatic rings. The summed E-state index contributed by atoms with van der Waals surface area (Å²) in [5, 5.41) is 3.73. The fourth-order valence-electron chi connectivity index (χ4n) is 7.82. The Hall–Kier alpha value is -6.33. The van der Waals surface area contributed by atoms with Gasteiger partial charge in [-0.05, 0) is 91.7 Å². The molecule has 228 valence electrons. The number of allylic oxidation sites excluding steroid dienone is 1. The summed E-state index contributed by atoms with van der Waals surface area (Å²) in [6.45, 7) is 0. The van der Waals surface area contributed by atoms with E-state index in [9.17, 15) is 4.79 Å². The molecule has 5 heteroatoms. The Kier molecular flexibility index (Phi) is 5.78. The summed E-state index contributed by atoms with van der Waals surface area (Å²) >= 11 is 0. The summed E-state index contributed by atoms with van der Waals surface area (Å²) < 4.78 is 8.32. The number of nitrogens with zero attached hydrogens (tertiary/aromatic N) is 4. The van der Waals surface area contributed by atoms with Gasteiger partial charge in [-0.1, -0.05) is 78.9 Å². The molecule has 0 spiro atoms. The van der Waals surface area contributed by atoms with Gasteiger partial charge in [-0.25, -0.2) is 4.79 Å². The summed E-state index contributed by atoms with van der Waals surface area (Å²) in [6, 6.07) is 50.4. The van der Waals surface area contributed by atoms with Gasteiger partial charge in [-0.2, -0.15) is 0 Å². The van der Waals surface area contributed by atoms with Crippen molar-refractivity contribution in [1.82, 2.24) is 18.3 Å². The minimum Gasteiger partial charge on any atom is -0.313 e. The maximum absolute atomic E-state index is 14.3. The van der Waals surface area contributed by atoms with Crippen LogP contribution < -0.4 is 5.69 Å². The highest BCUT2D eigenvalue weighted by atomic mass is 16.1. The lowest BCUT2D eigenvalue weighted by atomic mass is 10.0. The summed E-state index contributed by atoms with van der Waals surface area (Å²) in [5.74, 6) is 0. The van der Waals surface area contributed by atoms with Crippen LogP contribution in [0.1, 0.15) is 17.7 Å². The summed E-state index contributed by atoms with van der Waals surface area (Å²) in [4.78, 5) is 14.3. The van der Waals surface area contributed by atoms with Crippen LogP contribution in [-0.4, -0.2) is 18.3 Å². The van der Waals surface area contributed by atoms with E-state index in [-0.39, 0.29) is 5.69 Å². The second-order valence-corrected chi connectivity index (χ2v) is 12.5. The van der Waals surface area contributed by atoms with Crippen LogP contribution in [0.15, 0.2) is 156 Å². The van der Waals surface area contributed by atoms with Crippen molar-refractivity contribution >= 4 is 49.8 Å². The lowest BCUT2D eigenvalue weighted by Gasteiger charge is -2.14. The standard InChI is InChI=1S/C43H30N4O/c48-43-46(31-25-21-29(22-26-31)44-37-15-5-1-11-33(37)34-12-2-6-16-38(34)44)41-19-9-10-20-42(41)47(43)32-27-23-30(24-28-32)45-39-17-7-3-13-35(39)36-14-4-8-18-40(36)45/h1-7,9-17,19-28H,8,18H2. The molecule has 6 aromatic carbocycles. The molecule has 0 N–H and O–H groups in total. The van der Waals surface area contributed by atoms with Crippen molar-refractivity contribution in [1.29, 1.82) is 0 Å². The molecule has 1 aliphatic rings. The van der Waals surface area contributed by atoms with Crippen molar-refractivity contribution in [2.45, 2.75) is 12.8 Å². The highest BCUT2D eigenvalue weighted by molar-refractivity contribution is 6.09. The van der Waals surface area contributed by atoms with Crippen LogP contribution in [0.4, 0.5) is 0 Å². The number of fused-ring (bicyclic) bond motifs is 7. The maximum Gasteiger partial charge on any atom is 0.338 e. The number of imidazole rings is 1. The average Bonchev–Trinajstić information content (AvgIpc) is 3.77. The molecule has 0 atom stereocenters. The first-order valence-corrected chi connectivity index (χ1v) is 16.5. The zero-order chi connectivity index (χ0) is 31.8. The van der Waals surface area contributed by atoms with Crippen molar-refractivity contribution in [3.8, 4) is 22.7 Å². The van der Waals surface area contributed by atoms with Crippen molar-refractivity contribution in [3.63, 3.8) is 0 Å². The molecular weight excluding hydrogens is 589 g/mol. The van der Waals surface area contributed by atoms with Gasteiger partial charge >= 0.3 is 5.69 Å². The lowest BCUT2D eigenvalue weighted by molar-refractivity contribution is 0.886. The Morgan fingerprint density at radius 3 is 1.31 bits per heavy atom. The normalized spacial score (nSPS) is 12.8. The van der Waals surface area contributed by atoms with Gasteiger partial charge in [0, 0.05) is 38.8 Å². The van der Waals surface area contributed by atoms with E-state index in [1.54, 1.807) is 0 Å². The van der Waals surface area contributed by atoms with Crippen molar-refractivity contribution in [2.24, 2.45) is 0 Å². The van der Waals surface area contributed by atoms with E-state index in [0.717, 1.165) is 57.7 Å². The predicted octanol–water partition coefficient (Wildman–Crippen LogP) is 9.78. The third kappa shape index (κ3) is 3.82. The molecule has 0 radical (unpaired) electrons. The van der Waals surface area contributed by atoms with Gasteiger partial charge in [-0.3, -0.25) is 9.13 Å². The van der Waals surface area contributed by atoms with E-state index in [1.165, 1.54) is 32.9 Å². The molecule has 0 unspecified atom stereocenters. The van der Waals surface area contributed by atoms with Crippen molar-refractivity contribution in [2.75, 3.05) is 0 Å². The van der Waals surface area contributed by atoms with Crippen LogP contribution in [0.25, 0.3) is 72.6 Å². The number of aromatic nitrogens is 4. The number of benzene rings is 6. The first-order valence-electron chi connectivity index (χ1n) is 16.5. The fourth-order valence-corrected chi connectivity index (χ4v) is 7.82. The highest BCUT2D eigenvalue weighted by Gasteiger charge is 2.20. The van der Waals surface area contributed by atoms with Gasteiger partial charge < -0.3 is 9.13 Å². The number of para-hydroxylation sites is 5. The molecule has 48 heavy (non-hydrogen) atoms. The average molecular weight is 619 g/mol. The van der Waals surface area contributed by atoms with E-state index >= 15 is 0 Å². The molecule has 3 heterocycles. The molecule has 0 saturated carbocycles. The molecule has 3 aromatic heterocycles. The third-order valence-corrected chi connectivity index (χ3v) is 9.91. The van der Waals surface area contributed by atoms with Crippen molar-refractivity contribution < 1.29 is 0 Å². The topological polar surface area (TPSA) is 36.8 Å². The molecule has 10 rings (SSSR count). The smallest absolute Gasteiger partial charge is 0.313 e. The van der Waals surface area contributed by atoms with Gasteiger partial charge in [-0.15, -0.1) is 0 Å². The van der Waals surface area contributed by atoms with Crippen molar-refractivity contribution in [3.05, 3.63) is 173 Å². The van der Waals surface area contributed by atoms with Crippen LogP contribution in [0.3, 0.4) is 0 Å². The van der Waals surface area contributed by atoms with E-state index in [0.29, 0.717) is 0 Å². The summed E-state index contributed by atoms with van der Waals surface area (Å²) in [6.07, 6.45) is 6.57. The quantitative estimate of drug-likeness (QED) is 0.193. The van der Waals surface area contributed by atoms with E-state index in [2.05, 4.69) is 143 Å². The SMILES string of the molecule is O=c1n(-c2ccc(-n3c4c(c5ccccc53)C=CCC4)cc2)c2ccccc2n1-c1ccc(-n2c3ccccc3c3ccccc32)cc1. The fraction of sp³-hybridized carbons (Fsp3) is 0.0465. The molecule has 5 nitrogen and oxygen atoms in total. The predicted molar refractivity (Wildman–Crippen MR) is 197 cm³/mol. The minimum absolute atomic E-state index is 0.0949. The Morgan fingerprint density at radius 1 is 0.396 bits per heavy atom. The molecule has 0 amide bonds. The largest absolute Gasteiger partial charge is 0.338 e. The Labute approximate surface area is 276 Å². The van der Waals surface area contributed by atoms with Gasteiger partial charge in [0.15, 0.2) is 0 Å². The Bertz CT molecular complexity index is 2730. The number of hydrogen-bond acceptors (Lipinski definition) is 1. The van der Waals surface area contributed by atoms with Gasteiger partial charge in [0.2, 0.25) is 0 Å². The molecule has 0 saturated heterocycles. The monoisotopic (exact) mass is 618 g/mol. The summed E-state index contributed by atoms with van der Waals surface area (Å²) in [5.41, 5.74) is 11.6. The number of hydrogen-bond donors (Lipinski definition) is 0. The molecule has 0 fully saturated rings. The zero-order valence-electron chi connectivity index (χ0n) is 26.1. The Balaban J connectivity index is 1.08. The van der Waals surface area contributed by atoms with Crippen LogP contribution >= 0.6 is 0 Å². The maximum atomic E-state index is 14.3. The van der Waals surface area contributed by atoms with E-state index < -0.39 is 0 Å².